The fraction of sp³-hybridized carbons (Fsp3) is 0.474. The molecule has 1 aromatic heterocycles. The number of nitrogens with zero attached hydrogens (tertiary/aromatic N) is 4. The van der Waals surface area contributed by atoms with E-state index in [-0.39, 0.29) is 29.7 Å². The number of hydrogen-bond acceptors (Lipinski definition) is 5. The Kier molecular flexibility index (Phi) is 9.52. The fourth-order valence-corrected chi connectivity index (χ4v) is 4.69. The zero-order valence-corrected chi connectivity index (χ0v) is 20.4. The van der Waals surface area contributed by atoms with Crippen LogP contribution in [0.3, 0.4) is 0 Å². The summed E-state index contributed by atoms with van der Waals surface area (Å²) in [5.74, 6) is 0.614. The van der Waals surface area contributed by atoms with E-state index in [2.05, 4.69) is 20.7 Å². The molecule has 0 radical (unpaired) electrons. The number of ether oxygens (including phenoxy) is 1. The minimum atomic E-state index is -3.38. The lowest BCUT2D eigenvalue weighted by molar-refractivity contribution is 0.0729. The molecule has 1 saturated heterocycles. The van der Waals surface area contributed by atoms with E-state index in [1.54, 1.807) is 17.9 Å². The van der Waals surface area contributed by atoms with Gasteiger partial charge < -0.3 is 15.4 Å². The van der Waals surface area contributed by atoms with Gasteiger partial charge in [0.1, 0.15) is 0 Å². The lowest BCUT2D eigenvalue weighted by Gasteiger charge is -2.26. The van der Waals surface area contributed by atoms with Crippen LogP contribution in [0.1, 0.15) is 16.8 Å². The molecule has 1 aliphatic heterocycles. The summed E-state index contributed by atoms with van der Waals surface area (Å²) in [6, 6.07) is 9.51. The van der Waals surface area contributed by atoms with Crippen molar-refractivity contribution in [3.63, 3.8) is 0 Å². The van der Waals surface area contributed by atoms with Gasteiger partial charge in [0.15, 0.2) is 5.96 Å². The molecule has 0 atom stereocenters. The molecule has 166 valence electrons. The topological polar surface area (TPSA) is 101 Å². The molecule has 1 fully saturated rings. The molecule has 0 spiro atoms. The molecular formula is C19H29IN6O3S. The van der Waals surface area contributed by atoms with Crippen molar-refractivity contribution in [2.45, 2.75) is 18.8 Å². The Morgan fingerprint density at radius 3 is 2.43 bits per heavy atom. The van der Waals surface area contributed by atoms with Crippen LogP contribution in [0, 0.1) is 0 Å². The van der Waals surface area contributed by atoms with Crippen LogP contribution in [-0.2, 0) is 40.7 Å². The minimum Gasteiger partial charge on any atom is -0.379 e. The summed E-state index contributed by atoms with van der Waals surface area (Å²) in [7, 11) is 0.211. The maximum absolute atomic E-state index is 12.8. The first-order chi connectivity index (χ1) is 14.0. The van der Waals surface area contributed by atoms with E-state index < -0.39 is 10.0 Å². The van der Waals surface area contributed by atoms with Gasteiger partial charge in [-0.2, -0.15) is 9.40 Å². The number of halogens is 1. The predicted octanol–water partition coefficient (Wildman–Crippen LogP) is 1.07. The number of sulfonamides is 1. The van der Waals surface area contributed by atoms with Crippen molar-refractivity contribution in [3.05, 3.63) is 53.3 Å². The van der Waals surface area contributed by atoms with E-state index in [9.17, 15) is 8.42 Å². The standard InChI is InChI=1S/C19H28N6O3S.HI/c1-20-19(22-14-18-7-8-23-24(18)2)21-13-16-5-3-4-6-17(16)15-29(26,27)25-9-11-28-12-10-25;/h3-8H,9-15H2,1-2H3,(H2,20,21,22);1H. The Labute approximate surface area is 195 Å². The molecule has 2 aromatic rings. The fourth-order valence-electron chi connectivity index (χ4n) is 3.13. The highest BCUT2D eigenvalue weighted by molar-refractivity contribution is 14.0. The van der Waals surface area contributed by atoms with Crippen LogP contribution < -0.4 is 10.6 Å². The second-order valence-corrected chi connectivity index (χ2v) is 8.73. The number of aromatic nitrogens is 2. The monoisotopic (exact) mass is 548 g/mol. The highest BCUT2D eigenvalue weighted by atomic mass is 127. The zero-order chi connectivity index (χ0) is 20.7. The van der Waals surface area contributed by atoms with Gasteiger partial charge in [0.2, 0.25) is 10.0 Å². The maximum atomic E-state index is 12.8. The number of benzene rings is 1. The zero-order valence-electron chi connectivity index (χ0n) is 17.2. The second-order valence-electron chi connectivity index (χ2n) is 6.76. The largest absolute Gasteiger partial charge is 0.379 e. The lowest BCUT2D eigenvalue weighted by Crippen LogP contribution is -2.41. The maximum Gasteiger partial charge on any atom is 0.218 e. The molecule has 0 bridgehead atoms. The minimum absolute atomic E-state index is 0. The van der Waals surface area contributed by atoms with Crippen LogP contribution in [-0.4, -0.2) is 61.8 Å². The second kappa shape index (κ2) is 11.6. The van der Waals surface area contributed by atoms with Crippen molar-refractivity contribution in [2.75, 3.05) is 33.4 Å². The van der Waals surface area contributed by atoms with E-state index in [4.69, 9.17) is 4.74 Å². The van der Waals surface area contributed by atoms with Gasteiger partial charge in [-0.1, -0.05) is 24.3 Å². The lowest BCUT2D eigenvalue weighted by atomic mass is 10.1. The smallest absolute Gasteiger partial charge is 0.218 e. The Hall–Kier alpha value is -1.70. The molecule has 9 nitrogen and oxygen atoms in total. The molecule has 0 aliphatic carbocycles. The molecule has 0 amide bonds. The Balaban J connectivity index is 0.00000320. The van der Waals surface area contributed by atoms with Gasteiger partial charge in [-0.3, -0.25) is 9.67 Å². The number of guanidine groups is 1. The normalized spacial score (nSPS) is 15.5. The summed E-state index contributed by atoms with van der Waals surface area (Å²) in [5.41, 5.74) is 2.74. The van der Waals surface area contributed by atoms with E-state index in [1.165, 1.54) is 4.31 Å². The van der Waals surface area contributed by atoms with Crippen molar-refractivity contribution < 1.29 is 13.2 Å². The highest BCUT2D eigenvalue weighted by Crippen LogP contribution is 2.16. The third kappa shape index (κ3) is 6.65. The van der Waals surface area contributed by atoms with Gasteiger partial charge in [-0.15, -0.1) is 24.0 Å². The molecule has 1 aromatic carbocycles. The SMILES string of the molecule is CN=C(NCc1ccccc1CS(=O)(=O)N1CCOCC1)NCc1ccnn1C.I. The summed E-state index contributed by atoms with van der Waals surface area (Å²) in [6.45, 7) is 2.77. The van der Waals surface area contributed by atoms with Crippen molar-refractivity contribution >= 4 is 40.0 Å². The van der Waals surface area contributed by atoms with Gasteiger partial charge in [0, 0.05) is 39.9 Å². The van der Waals surface area contributed by atoms with E-state index in [1.807, 2.05) is 37.4 Å². The van der Waals surface area contributed by atoms with Gasteiger partial charge >= 0.3 is 0 Å². The van der Waals surface area contributed by atoms with Gasteiger partial charge in [-0.25, -0.2) is 8.42 Å². The number of aryl methyl sites for hydroxylation is 1. The first-order valence-corrected chi connectivity index (χ1v) is 11.1. The van der Waals surface area contributed by atoms with Crippen LogP contribution in [0.5, 0.6) is 0 Å². The molecule has 11 heteroatoms. The molecular weight excluding hydrogens is 519 g/mol. The molecule has 0 saturated carbocycles. The predicted molar refractivity (Wildman–Crippen MR) is 127 cm³/mol. The third-order valence-electron chi connectivity index (χ3n) is 4.85. The Morgan fingerprint density at radius 1 is 1.13 bits per heavy atom. The van der Waals surface area contributed by atoms with Crippen molar-refractivity contribution in [1.29, 1.82) is 0 Å². The number of hydrogen-bond donors (Lipinski definition) is 2. The van der Waals surface area contributed by atoms with Crippen LogP contribution in [0.2, 0.25) is 0 Å². The van der Waals surface area contributed by atoms with E-state index in [0.29, 0.717) is 45.4 Å². The Morgan fingerprint density at radius 2 is 1.80 bits per heavy atom. The number of rotatable bonds is 7. The van der Waals surface area contributed by atoms with Gasteiger partial charge in [-0.05, 0) is 17.2 Å². The quantitative estimate of drug-likeness (QED) is 0.305. The first-order valence-electron chi connectivity index (χ1n) is 9.53. The van der Waals surface area contributed by atoms with Crippen LogP contribution in [0.25, 0.3) is 0 Å². The summed E-state index contributed by atoms with van der Waals surface area (Å²) in [5, 5.41) is 10.6. The first kappa shape index (κ1) is 24.6. The molecule has 3 rings (SSSR count). The third-order valence-corrected chi connectivity index (χ3v) is 6.68. The number of aliphatic imine (C=N–C) groups is 1. The summed E-state index contributed by atoms with van der Waals surface area (Å²) < 4.78 is 34.1. The molecule has 30 heavy (non-hydrogen) atoms. The highest BCUT2D eigenvalue weighted by Gasteiger charge is 2.25. The summed E-state index contributed by atoms with van der Waals surface area (Å²) >= 11 is 0. The van der Waals surface area contributed by atoms with Crippen LogP contribution >= 0.6 is 24.0 Å². The van der Waals surface area contributed by atoms with Crippen molar-refractivity contribution in [3.8, 4) is 0 Å². The number of nitrogens with one attached hydrogen (secondary N) is 2. The van der Waals surface area contributed by atoms with Crippen molar-refractivity contribution in [2.24, 2.45) is 12.0 Å². The number of morpholine rings is 1. The van der Waals surface area contributed by atoms with Gasteiger partial charge in [0.25, 0.3) is 0 Å². The molecule has 1 aliphatic rings. The molecule has 2 N–H and O–H groups in total. The van der Waals surface area contributed by atoms with Gasteiger partial charge in [0.05, 0.1) is 31.2 Å². The van der Waals surface area contributed by atoms with E-state index in [0.717, 1.165) is 16.8 Å². The van der Waals surface area contributed by atoms with E-state index >= 15 is 0 Å². The van der Waals surface area contributed by atoms with Crippen LogP contribution in [0.15, 0.2) is 41.5 Å². The Bertz CT molecular complexity index is 941. The summed E-state index contributed by atoms with van der Waals surface area (Å²) in [6.07, 6.45) is 1.75. The molecule has 0 unspecified atom stereocenters. The summed E-state index contributed by atoms with van der Waals surface area (Å²) in [4.78, 5) is 4.23. The van der Waals surface area contributed by atoms with Crippen LogP contribution in [0.4, 0.5) is 0 Å². The molecule has 2 heterocycles. The average molecular weight is 548 g/mol. The average Bonchev–Trinajstić information content (AvgIpc) is 3.14. The van der Waals surface area contributed by atoms with Crippen molar-refractivity contribution in [1.82, 2.24) is 24.7 Å².